The van der Waals surface area contributed by atoms with Gasteiger partial charge in [-0.15, -0.1) is 0 Å². The van der Waals surface area contributed by atoms with E-state index in [-0.39, 0.29) is 6.03 Å². The lowest BCUT2D eigenvalue weighted by Crippen LogP contribution is -2.35. The highest BCUT2D eigenvalue weighted by Gasteiger charge is 2.03. The van der Waals surface area contributed by atoms with Gasteiger partial charge in [0.25, 0.3) is 0 Å². The normalized spacial score (nSPS) is 9.61. The van der Waals surface area contributed by atoms with Crippen molar-refractivity contribution in [1.82, 2.24) is 10.6 Å². The van der Waals surface area contributed by atoms with Crippen molar-refractivity contribution in [2.24, 2.45) is 5.73 Å². The molecule has 0 saturated heterocycles. The third-order valence-corrected chi connectivity index (χ3v) is 2.39. The Balaban J connectivity index is 2.48. The van der Waals surface area contributed by atoms with E-state index in [1.165, 1.54) is 0 Å². The van der Waals surface area contributed by atoms with Gasteiger partial charge in [-0.05, 0) is 17.7 Å². The van der Waals surface area contributed by atoms with Crippen molar-refractivity contribution in [2.75, 3.05) is 6.54 Å². The van der Waals surface area contributed by atoms with E-state index < -0.39 is 5.91 Å². The summed E-state index contributed by atoms with van der Waals surface area (Å²) in [5.41, 5.74) is 6.39. The van der Waals surface area contributed by atoms with E-state index in [4.69, 9.17) is 5.73 Å². The molecule has 4 N–H and O–H groups in total. The SMILES string of the molecule is C=C(Br)CNC(=O)NCc1cccc(C(N)=O)c1. The monoisotopic (exact) mass is 311 g/mol. The van der Waals surface area contributed by atoms with Crippen LogP contribution in [0.2, 0.25) is 0 Å². The molecule has 3 amide bonds. The molecule has 1 aromatic carbocycles. The van der Waals surface area contributed by atoms with Crippen LogP contribution in [0.5, 0.6) is 0 Å². The van der Waals surface area contributed by atoms with Crippen molar-refractivity contribution >= 4 is 27.9 Å². The Bertz CT molecular complexity index is 474. The van der Waals surface area contributed by atoms with Crippen LogP contribution in [0.1, 0.15) is 15.9 Å². The van der Waals surface area contributed by atoms with E-state index >= 15 is 0 Å². The smallest absolute Gasteiger partial charge is 0.315 e. The largest absolute Gasteiger partial charge is 0.366 e. The minimum absolute atomic E-state index is 0.305. The van der Waals surface area contributed by atoms with Gasteiger partial charge in [0.1, 0.15) is 0 Å². The molecule has 0 fully saturated rings. The van der Waals surface area contributed by atoms with Crippen LogP contribution in [0.15, 0.2) is 35.3 Å². The van der Waals surface area contributed by atoms with Gasteiger partial charge in [0.15, 0.2) is 0 Å². The second-order valence-electron chi connectivity index (χ2n) is 3.62. The molecule has 0 atom stereocenters. The number of nitrogens with one attached hydrogen (secondary N) is 2. The molecule has 0 aliphatic rings. The van der Waals surface area contributed by atoms with Gasteiger partial charge in [-0.3, -0.25) is 4.79 Å². The minimum Gasteiger partial charge on any atom is -0.366 e. The van der Waals surface area contributed by atoms with Gasteiger partial charge in [-0.1, -0.05) is 34.6 Å². The molecule has 0 unspecified atom stereocenters. The van der Waals surface area contributed by atoms with Gasteiger partial charge >= 0.3 is 6.03 Å². The van der Waals surface area contributed by atoms with Gasteiger partial charge in [-0.2, -0.15) is 0 Å². The number of hydrogen-bond donors (Lipinski definition) is 3. The summed E-state index contributed by atoms with van der Waals surface area (Å²) in [7, 11) is 0. The summed E-state index contributed by atoms with van der Waals surface area (Å²) in [6, 6.07) is 6.48. The topological polar surface area (TPSA) is 84.2 Å². The summed E-state index contributed by atoms with van der Waals surface area (Å²) >= 11 is 3.14. The van der Waals surface area contributed by atoms with Crippen molar-refractivity contribution in [3.63, 3.8) is 0 Å². The maximum Gasteiger partial charge on any atom is 0.315 e. The average Bonchev–Trinajstić information content (AvgIpc) is 2.34. The van der Waals surface area contributed by atoms with Gasteiger partial charge in [0.2, 0.25) is 5.91 Å². The van der Waals surface area contributed by atoms with Crippen LogP contribution in [0.4, 0.5) is 4.79 Å². The number of carbonyl (C=O) groups excluding carboxylic acids is 2. The number of rotatable bonds is 5. The molecular formula is C12H14BrN3O2. The molecule has 0 aliphatic carbocycles. The standard InChI is InChI=1S/C12H14BrN3O2/c1-8(13)6-15-12(18)16-7-9-3-2-4-10(5-9)11(14)17/h2-5H,1,6-7H2,(H2,14,17)(H2,15,16,18). The summed E-state index contributed by atoms with van der Waals surface area (Å²) < 4.78 is 0.688. The number of hydrogen-bond acceptors (Lipinski definition) is 2. The molecule has 1 rings (SSSR count). The Labute approximate surface area is 114 Å². The molecule has 0 aromatic heterocycles. The fourth-order valence-corrected chi connectivity index (χ4v) is 1.40. The lowest BCUT2D eigenvalue weighted by Gasteiger charge is -2.07. The van der Waals surface area contributed by atoms with Crippen molar-refractivity contribution in [3.8, 4) is 0 Å². The molecule has 1 aromatic rings. The summed E-state index contributed by atoms with van der Waals surface area (Å²) in [6.45, 7) is 4.27. The lowest BCUT2D eigenvalue weighted by atomic mass is 10.1. The molecule has 0 saturated carbocycles. The van der Waals surface area contributed by atoms with Crippen LogP contribution in [0.3, 0.4) is 0 Å². The number of primary amides is 1. The van der Waals surface area contributed by atoms with Gasteiger partial charge < -0.3 is 16.4 Å². The first kappa shape index (κ1) is 14.2. The quantitative estimate of drug-likeness (QED) is 0.769. The zero-order chi connectivity index (χ0) is 13.5. The molecule has 0 spiro atoms. The maximum absolute atomic E-state index is 11.4. The van der Waals surface area contributed by atoms with Crippen LogP contribution in [0.25, 0.3) is 0 Å². The third-order valence-electron chi connectivity index (χ3n) is 2.11. The van der Waals surface area contributed by atoms with E-state index in [1.807, 2.05) is 0 Å². The fourth-order valence-electron chi connectivity index (χ4n) is 1.26. The summed E-state index contributed by atoms with van der Waals surface area (Å²) in [4.78, 5) is 22.3. The average molecular weight is 312 g/mol. The number of benzene rings is 1. The van der Waals surface area contributed by atoms with E-state index in [1.54, 1.807) is 24.3 Å². The number of urea groups is 1. The highest BCUT2D eigenvalue weighted by molar-refractivity contribution is 9.11. The second-order valence-corrected chi connectivity index (χ2v) is 4.74. The molecule has 0 radical (unpaired) electrons. The molecular weight excluding hydrogens is 298 g/mol. The number of halogens is 1. The van der Waals surface area contributed by atoms with Gasteiger partial charge in [0, 0.05) is 16.6 Å². The Kier molecular flexibility index (Phi) is 5.38. The fraction of sp³-hybridized carbons (Fsp3) is 0.167. The summed E-state index contributed by atoms with van der Waals surface area (Å²) in [5, 5.41) is 5.26. The third kappa shape index (κ3) is 5.01. The van der Waals surface area contributed by atoms with Crippen LogP contribution < -0.4 is 16.4 Å². The van der Waals surface area contributed by atoms with Crippen LogP contribution in [-0.2, 0) is 6.54 Å². The molecule has 18 heavy (non-hydrogen) atoms. The molecule has 0 heterocycles. The van der Waals surface area contributed by atoms with Crippen LogP contribution in [0, 0.1) is 0 Å². The molecule has 5 nitrogen and oxygen atoms in total. The first-order valence-corrected chi connectivity index (χ1v) is 6.02. The first-order valence-electron chi connectivity index (χ1n) is 5.23. The van der Waals surface area contributed by atoms with E-state index in [2.05, 4.69) is 33.1 Å². The second kappa shape index (κ2) is 6.80. The Morgan fingerprint density at radius 3 is 2.67 bits per heavy atom. The van der Waals surface area contributed by atoms with Crippen LogP contribution in [-0.4, -0.2) is 18.5 Å². The van der Waals surface area contributed by atoms with Crippen molar-refractivity contribution in [2.45, 2.75) is 6.54 Å². The zero-order valence-electron chi connectivity index (χ0n) is 9.70. The van der Waals surface area contributed by atoms with Gasteiger partial charge in [0.05, 0.1) is 6.54 Å². The minimum atomic E-state index is -0.489. The number of amides is 3. The van der Waals surface area contributed by atoms with Gasteiger partial charge in [-0.25, -0.2) is 4.79 Å². The van der Waals surface area contributed by atoms with E-state index in [0.29, 0.717) is 23.1 Å². The van der Waals surface area contributed by atoms with E-state index in [9.17, 15) is 9.59 Å². The summed E-state index contributed by atoms with van der Waals surface area (Å²) in [5.74, 6) is -0.489. The Morgan fingerprint density at radius 2 is 2.06 bits per heavy atom. The van der Waals surface area contributed by atoms with Crippen molar-refractivity contribution < 1.29 is 9.59 Å². The van der Waals surface area contributed by atoms with Crippen molar-refractivity contribution in [1.29, 1.82) is 0 Å². The predicted molar refractivity (Wildman–Crippen MR) is 73.3 cm³/mol. The maximum atomic E-state index is 11.4. The molecule has 6 heteroatoms. The molecule has 0 bridgehead atoms. The predicted octanol–water partition coefficient (Wildman–Crippen LogP) is 1.49. The first-order chi connectivity index (χ1) is 8.49. The summed E-state index contributed by atoms with van der Waals surface area (Å²) in [6.07, 6.45) is 0. The Morgan fingerprint density at radius 1 is 1.33 bits per heavy atom. The Hall–Kier alpha value is -1.82. The molecule has 96 valence electrons. The van der Waals surface area contributed by atoms with Crippen molar-refractivity contribution in [3.05, 3.63) is 46.5 Å². The highest BCUT2D eigenvalue weighted by Crippen LogP contribution is 2.04. The van der Waals surface area contributed by atoms with Crippen LogP contribution >= 0.6 is 15.9 Å². The highest BCUT2D eigenvalue weighted by atomic mass is 79.9. The lowest BCUT2D eigenvalue weighted by molar-refractivity contribution is 0.1000. The molecule has 0 aliphatic heterocycles. The van der Waals surface area contributed by atoms with E-state index in [0.717, 1.165) is 5.56 Å². The number of nitrogens with two attached hydrogens (primary N) is 1. The number of carbonyl (C=O) groups is 2. The zero-order valence-corrected chi connectivity index (χ0v) is 11.3.